The number of hydrogen-bond acceptors (Lipinski definition) is 3. The van der Waals surface area contributed by atoms with Crippen molar-refractivity contribution in [1.29, 1.82) is 0 Å². The zero-order valence-corrected chi connectivity index (χ0v) is 12.9. The van der Waals surface area contributed by atoms with Gasteiger partial charge in [0.05, 0.1) is 6.54 Å². The van der Waals surface area contributed by atoms with E-state index in [-0.39, 0.29) is 5.91 Å². The van der Waals surface area contributed by atoms with Crippen molar-refractivity contribution in [2.45, 2.75) is 52.5 Å². The van der Waals surface area contributed by atoms with Crippen molar-refractivity contribution < 1.29 is 4.79 Å². The van der Waals surface area contributed by atoms with Crippen LogP contribution in [0.2, 0.25) is 0 Å². The van der Waals surface area contributed by atoms with E-state index in [0.29, 0.717) is 12.6 Å². The molecule has 1 amide bonds. The van der Waals surface area contributed by atoms with E-state index in [2.05, 4.69) is 36.3 Å². The molecule has 1 aliphatic rings. The molecule has 1 unspecified atom stereocenters. The van der Waals surface area contributed by atoms with Crippen LogP contribution in [0.25, 0.3) is 0 Å². The second kappa shape index (κ2) is 9.32. The van der Waals surface area contributed by atoms with Crippen LogP contribution in [-0.4, -0.2) is 49.6 Å². The van der Waals surface area contributed by atoms with Crippen LogP contribution in [0.4, 0.5) is 0 Å². The van der Waals surface area contributed by atoms with Crippen LogP contribution in [-0.2, 0) is 4.79 Å². The molecule has 112 valence electrons. The van der Waals surface area contributed by atoms with Crippen molar-refractivity contribution in [1.82, 2.24) is 15.5 Å². The van der Waals surface area contributed by atoms with Gasteiger partial charge in [0.2, 0.25) is 5.91 Å². The van der Waals surface area contributed by atoms with E-state index >= 15 is 0 Å². The number of nitrogens with one attached hydrogen (secondary N) is 2. The Bertz CT molecular complexity index is 252. The van der Waals surface area contributed by atoms with E-state index < -0.39 is 0 Å². The topological polar surface area (TPSA) is 44.4 Å². The Kier molecular flexibility index (Phi) is 8.07. The van der Waals surface area contributed by atoms with Gasteiger partial charge in [-0.3, -0.25) is 9.69 Å². The Morgan fingerprint density at radius 2 is 2.05 bits per heavy atom. The maximum Gasteiger partial charge on any atom is 0.234 e. The van der Waals surface area contributed by atoms with Crippen molar-refractivity contribution in [3.63, 3.8) is 0 Å². The molecule has 4 nitrogen and oxygen atoms in total. The highest BCUT2D eigenvalue weighted by Crippen LogP contribution is 2.13. The van der Waals surface area contributed by atoms with Gasteiger partial charge in [-0.05, 0) is 51.7 Å². The summed E-state index contributed by atoms with van der Waals surface area (Å²) in [6.45, 7) is 11.2. The lowest BCUT2D eigenvalue weighted by Gasteiger charge is -2.29. The summed E-state index contributed by atoms with van der Waals surface area (Å²) in [5, 5.41) is 6.48. The lowest BCUT2D eigenvalue weighted by atomic mass is 9.97. The molecule has 0 bridgehead atoms. The average molecular weight is 269 g/mol. The zero-order valence-electron chi connectivity index (χ0n) is 12.9. The second-order valence-electron chi connectivity index (χ2n) is 5.78. The zero-order chi connectivity index (χ0) is 14.1. The molecule has 0 aliphatic carbocycles. The Morgan fingerprint density at radius 3 is 2.63 bits per heavy atom. The number of hydrogen-bond donors (Lipinski definition) is 2. The smallest absolute Gasteiger partial charge is 0.234 e. The molecule has 1 atom stereocenters. The number of amides is 1. The normalized spacial score (nSPS) is 18.5. The first-order valence-electron chi connectivity index (χ1n) is 7.88. The fourth-order valence-corrected chi connectivity index (χ4v) is 2.76. The Morgan fingerprint density at radius 1 is 1.37 bits per heavy atom. The van der Waals surface area contributed by atoms with Crippen molar-refractivity contribution >= 4 is 5.91 Å². The van der Waals surface area contributed by atoms with Gasteiger partial charge in [-0.2, -0.15) is 0 Å². The molecule has 1 fully saturated rings. The quantitative estimate of drug-likeness (QED) is 0.704. The number of carbonyl (C=O) groups excluding carboxylic acids is 1. The van der Waals surface area contributed by atoms with E-state index in [1.807, 2.05) is 0 Å². The van der Waals surface area contributed by atoms with Crippen molar-refractivity contribution in [3.05, 3.63) is 0 Å². The lowest BCUT2D eigenvalue weighted by molar-refractivity contribution is -0.123. The average Bonchev–Trinajstić information content (AvgIpc) is 2.39. The van der Waals surface area contributed by atoms with E-state index in [4.69, 9.17) is 0 Å². The number of likely N-dealkylation sites (N-methyl/N-ethyl adjacent to an activating group) is 1. The van der Waals surface area contributed by atoms with Gasteiger partial charge >= 0.3 is 0 Å². The van der Waals surface area contributed by atoms with Gasteiger partial charge in [0.25, 0.3) is 0 Å². The van der Waals surface area contributed by atoms with Gasteiger partial charge in [0, 0.05) is 12.6 Å². The van der Waals surface area contributed by atoms with Crippen LogP contribution in [0, 0.1) is 5.92 Å². The van der Waals surface area contributed by atoms with Crippen molar-refractivity contribution in [2.75, 3.05) is 32.7 Å². The maximum atomic E-state index is 12.0. The first-order chi connectivity index (χ1) is 9.15. The largest absolute Gasteiger partial charge is 0.353 e. The minimum atomic E-state index is 0.178. The van der Waals surface area contributed by atoms with E-state index in [1.165, 1.54) is 12.8 Å². The van der Waals surface area contributed by atoms with Gasteiger partial charge in [0.1, 0.15) is 0 Å². The number of piperidine rings is 1. The fraction of sp³-hybridized carbons (Fsp3) is 0.933. The van der Waals surface area contributed by atoms with Crippen LogP contribution in [0.1, 0.15) is 46.5 Å². The highest BCUT2D eigenvalue weighted by atomic mass is 16.2. The predicted molar refractivity (Wildman–Crippen MR) is 80.2 cm³/mol. The molecule has 0 spiro atoms. The van der Waals surface area contributed by atoms with Gasteiger partial charge < -0.3 is 10.6 Å². The van der Waals surface area contributed by atoms with Gasteiger partial charge in [-0.25, -0.2) is 0 Å². The highest BCUT2D eigenvalue weighted by Gasteiger charge is 2.18. The summed E-state index contributed by atoms with van der Waals surface area (Å²) in [5.41, 5.74) is 0. The molecule has 1 heterocycles. The third-order valence-corrected chi connectivity index (χ3v) is 3.92. The van der Waals surface area contributed by atoms with Gasteiger partial charge in [-0.15, -0.1) is 0 Å². The monoisotopic (exact) mass is 269 g/mol. The number of rotatable bonds is 8. The molecule has 0 aromatic heterocycles. The molecule has 0 radical (unpaired) electrons. The summed E-state index contributed by atoms with van der Waals surface area (Å²) in [6, 6.07) is 0.301. The minimum absolute atomic E-state index is 0.178. The molecule has 2 N–H and O–H groups in total. The van der Waals surface area contributed by atoms with Crippen molar-refractivity contribution in [2.24, 2.45) is 5.92 Å². The van der Waals surface area contributed by atoms with Crippen LogP contribution >= 0.6 is 0 Å². The summed E-state index contributed by atoms with van der Waals surface area (Å²) >= 11 is 0. The molecule has 1 saturated heterocycles. The van der Waals surface area contributed by atoms with Crippen LogP contribution < -0.4 is 10.6 Å². The first-order valence-corrected chi connectivity index (χ1v) is 7.88. The van der Waals surface area contributed by atoms with Crippen LogP contribution in [0.15, 0.2) is 0 Å². The number of carbonyl (C=O) groups is 1. The van der Waals surface area contributed by atoms with Crippen molar-refractivity contribution in [3.8, 4) is 0 Å². The Labute approximate surface area is 118 Å². The van der Waals surface area contributed by atoms with Gasteiger partial charge in [0.15, 0.2) is 0 Å². The molecule has 0 saturated carbocycles. The summed E-state index contributed by atoms with van der Waals surface area (Å²) < 4.78 is 0. The van der Waals surface area contributed by atoms with Crippen LogP contribution in [0.5, 0.6) is 0 Å². The van der Waals surface area contributed by atoms with E-state index in [0.717, 1.165) is 44.9 Å². The predicted octanol–water partition coefficient (Wildman–Crippen LogP) is 1.61. The lowest BCUT2D eigenvalue weighted by Crippen LogP contribution is -2.43. The summed E-state index contributed by atoms with van der Waals surface area (Å²) in [7, 11) is 0. The Hall–Kier alpha value is -0.610. The summed E-state index contributed by atoms with van der Waals surface area (Å²) in [5.74, 6) is 0.929. The van der Waals surface area contributed by atoms with Crippen LogP contribution in [0.3, 0.4) is 0 Å². The second-order valence-corrected chi connectivity index (χ2v) is 5.78. The number of nitrogens with zero attached hydrogens (tertiary/aromatic N) is 1. The molecule has 0 aromatic carbocycles. The minimum Gasteiger partial charge on any atom is -0.353 e. The third-order valence-electron chi connectivity index (χ3n) is 3.92. The maximum absolute atomic E-state index is 12.0. The molecule has 1 aliphatic heterocycles. The molecular weight excluding hydrogens is 238 g/mol. The fourth-order valence-electron chi connectivity index (χ4n) is 2.76. The van der Waals surface area contributed by atoms with E-state index in [9.17, 15) is 4.79 Å². The first kappa shape index (κ1) is 16.4. The summed E-state index contributed by atoms with van der Waals surface area (Å²) in [4.78, 5) is 14.3. The molecular formula is C15H31N3O. The molecule has 4 heteroatoms. The molecule has 0 aromatic rings. The van der Waals surface area contributed by atoms with E-state index in [1.54, 1.807) is 0 Å². The molecule has 19 heavy (non-hydrogen) atoms. The standard InChI is InChI=1S/C15H31N3O/c1-4-6-13(3)17-15(19)12-18(5-2)11-14-7-9-16-10-8-14/h13-14,16H,4-12H2,1-3H3,(H,17,19). The SMILES string of the molecule is CCCC(C)NC(=O)CN(CC)CC1CCNCC1. The third kappa shape index (κ3) is 6.92. The summed E-state index contributed by atoms with van der Waals surface area (Å²) in [6.07, 6.45) is 4.66. The Balaban J connectivity index is 2.28. The van der Waals surface area contributed by atoms with Gasteiger partial charge in [-0.1, -0.05) is 20.3 Å². The molecule has 1 rings (SSSR count). The highest BCUT2D eigenvalue weighted by molar-refractivity contribution is 5.78.